The third kappa shape index (κ3) is 3.23. The Balaban J connectivity index is 1.70. The zero-order chi connectivity index (χ0) is 17.3. The fourth-order valence-corrected chi connectivity index (χ4v) is 3.42. The number of non-ortho nitro benzene ring substituents is 1. The van der Waals surface area contributed by atoms with Crippen LogP contribution in [0.2, 0.25) is 0 Å². The molecule has 0 spiro atoms. The van der Waals surface area contributed by atoms with Crippen molar-refractivity contribution < 1.29 is 19.6 Å². The van der Waals surface area contributed by atoms with Gasteiger partial charge in [0.15, 0.2) is 0 Å². The summed E-state index contributed by atoms with van der Waals surface area (Å²) >= 11 is 0. The normalized spacial score (nSPS) is 20.7. The minimum absolute atomic E-state index is 0.0302. The summed E-state index contributed by atoms with van der Waals surface area (Å²) in [4.78, 5) is 37.6. The standard InChI is InChI=1S/C16H19N3O5/c20-15(10-17-6-1-2-12(9-17)16(21)22)18-7-5-11-3-4-13(19(23)24)8-14(11)18/h3-4,8,12H,1-2,5-7,9-10H2,(H,21,22). The maximum absolute atomic E-state index is 12.6. The first-order chi connectivity index (χ1) is 11.5. The summed E-state index contributed by atoms with van der Waals surface area (Å²) < 4.78 is 0. The third-order valence-electron chi connectivity index (χ3n) is 4.69. The predicted octanol–water partition coefficient (Wildman–Crippen LogP) is 1.28. The van der Waals surface area contributed by atoms with E-state index in [1.807, 2.05) is 4.90 Å². The molecule has 2 aliphatic rings. The molecule has 1 amide bonds. The smallest absolute Gasteiger partial charge is 0.307 e. The quantitative estimate of drug-likeness (QED) is 0.657. The number of carbonyl (C=O) groups is 2. The summed E-state index contributed by atoms with van der Waals surface area (Å²) in [5, 5.41) is 20.1. The number of aliphatic carboxylic acids is 1. The van der Waals surface area contributed by atoms with E-state index in [1.165, 1.54) is 12.1 Å². The Bertz CT molecular complexity index is 690. The fraction of sp³-hybridized carbons (Fsp3) is 0.500. The number of hydrogen-bond donors (Lipinski definition) is 1. The van der Waals surface area contributed by atoms with E-state index in [9.17, 15) is 19.7 Å². The van der Waals surface area contributed by atoms with E-state index in [-0.39, 0.29) is 18.1 Å². The van der Waals surface area contributed by atoms with Crippen molar-refractivity contribution >= 4 is 23.3 Å². The van der Waals surface area contributed by atoms with Crippen LogP contribution in [0.3, 0.4) is 0 Å². The average Bonchev–Trinajstić information content (AvgIpc) is 2.98. The molecule has 2 aliphatic heterocycles. The van der Waals surface area contributed by atoms with Gasteiger partial charge in [-0.3, -0.25) is 24.6 Å². The van der Waals surface area contributed by atoms with Gasteiger partial charge in [0.05, 0.1) is 23.1 Å². The summed E-state index contributed by atoms with van der Waals surface area (Å²) in [6, 6.07) is 4.59. The van der Waals surface area contributed by atoms with Gasteiger partial charge in [0, 0.05) is 25.2 Å². The number of carbonyl (C=O) groups excluding carboxylic acids is 1. The molecule has 0 aliphatic carbocycles. The van der Waals surface area contributed by atoms with Gasteiger partial charge in [-0.15, -0.1) is 0 Å². The lowest BCUT2D eigenvalue weighted by Crippen LogP contribution is -2.45. The molecule has 0 saturated carbocycles. The lowest BCUT2D eigenvalue weighted by atomic mass is 9.98. The lowest BCUT2D eigenvalue weighted by molar-refractivity contribution is -0.384. The van der Waals surface area contributed by atoms with Gasteiger partial charge < -0.3 is 10.0 Å². The van der Waals surface area contributed by atoms with Gasteiger partial charge in [-0.2, -0.15) is 0 Å². The molecule has 0 radical (unpaired) electrons. The molecule has 8 heteroatoms. The summed E-state index contributed by atoms with van der Waals surface area (Å²) in [6.07, 6.45) is 2.07. The Hall–Kier alpha value is -2.48. The number of amides is 1. The van der Waals surface area contributed by atoms with Crippen molar-refractivity contribution in [3.8, 4) is 0 Å². The number of likely N-dealkylation sites (tertiary alicyclic amines) is 1. The second-order valence-corrected chi connectivity index (χ2v) is 6.28. The van der Waals surface area contributed by atoms with Crippen molar-refractivity contribution in [2.75, 3.05) is 31.1 Å². The van der Waals surface area contributed by atoms with Crippen LogP contribution < -0.4 is 4.90 Å². The van der Waals surface area contributed by atoms with Crippen LogP contribution >= 0.6 is 0 Å². The Labute approximate surface area is 138 Å². The van der Waals surface area contributed by atoms with Crippen LogP contribution in [-0.2, 0) is 16.0 Å². The maximum atomic E-state index is 12.6. The minimum atomic E-state index is -0.825. The van der Waals surface area contributed by atoms with Gasteiger partial charge in [0.1, 0.15) is 0 Å². The summed E-state index contributed by atoms with van der Waals surface area (Å²) in [7, 11) is 0. The van der Waals surface area contributed by atoms with Gasteiger partial charge in [-0.05, 0) is 31.4 Å². The summed E-state index contributed by atoms with van der Waals surface area (Å²) in [6.45, 7) is 1.72. The lowest BCUT2D eigenvalue weighted by Gasteiger charge is -2.31. The van der Waals surface area contributed by atoms with E-state index in [0.717, 1.165) is 12.0 Å². The van der Waals surface area contributed by atoms with Crippen molar-refractivity contribution in [1.29, 1.82) is 0 Å². The second-order valence-electron chi connectivity index (χ2n) is 6.28. The minimum Gasteiger partial charge on any atom is -0.481 e. The van der Waals surface area contributed by atoms with E-state index >= 15 is 0 Å². The van der Waals surface area contributed by atoms with Crippen LogP contribution in [0, 0.1) is 16.0 Å². The summed E-state index contributed by atoms with van der Waals surface area (Å²) in [5.74, 6) is -1.40. The molecule has 1 aromatic carbocycles. The monoisotopic (exact) mass is 333 g/mol. The van der Waals surface area contributed by atoms with Crippen molar-refractivity contribution in [3.63, 3.8) is 0 Å². The highest BCUT2D eigenvalue weighted by Gasteiger charge is 2.30. The first kappa shape index (κ1) is 16.4. The van der Waals surface area contributed by atoms with Gasteiger partial charge in [0.2, 0.25) is 5.91 Å². The van der Waals surface area contributed by atoms with Gasteiger partial charge in [0.25, 0.3) is 5.69 Å². The highest BCUT2D eigenvalue weighted by atomic mass is 16.6. The molecule has 1 unspecified atom stereocenters. The van der Waals surface area contributed by atoms with Crippen molar-refractivity contribution in [1.82, 2.24) is 4.90 Å². The van der Waals surface area contributed by atoms with E-state index in [0.29, 0.717) is 38.2 Å². The van der Waals surface area contributed by atoms with Crippen LogP contribution in [0.5, 0.6) is 0 Å². The Morgan fingerprint density at radius 2 is 2.12 bits per heavy atom. The largest absolute Gasteiger partial charge is 0.481 e. The van der Waals surface area contributed by atoms with Gasteiger partial charge in [-0.25, -0.2) is 0 Å². The number of piperidine rings is 1. The number of carboxylic acids is 1. The number of fused-ring (bicyclic) bond motifs is 1. The molecule has 0 aromatic heterocycles. The first-order valence-electron chi connectivity index (χ1n) is 7.98. The summed E-state index contributed by atoms with van der Waals surface area (Å²) in [5.41, 5.74) is 1.49. The molecule has 1 fully saturated rings. The SMILES string of the molecule is O=C(O)C1CCCN(CC(=O)N2CCc3ccc([N+](=O)[O-])cc32)C1. The van der Waals surface area contributed by atoms with E-state index in [2.05, 4.69) is 0 Å². The first-order valence-corrected chi connectivity index (χ1v) is 7.98. The Morgan fingerprint density at radius 3 is 2.83 bits per heavy atom. The number of hydrogen-bond acceptors (Lipinski definition) is 5. The van der Waals surface area contributed by atoms with Crippen LogP contribution in [-0.4, -0.2) is 53.0 Å². The predicted molar refractivity (Wildman–Crippen MR) is 86.0 cm³/mol. The molecule has 0 bridgehead atoms. The fourth-order valence-electron chi connectivity index (χ4n) is 3.42. The van der Waals surface area contributed by atoms with E-state index in [4.69, 9.17) is 5.11 Å². The van der Waals surface area contributed by atoms with Crippen LogP contribution in [0.25, 0.3) is 0 Å². The number of nitrogens with zero attached hydrogens (tertiary/aromatic N) is 3. The molecule has 3 rings (SSSR count). The highest BCUT2D eigenvalue weighted by molar-refractivity contribution is 5.97. The molecule has 8 nitrogen and oxygen atoms in total. The Kier molecular flexibility index (Phi) is 4.48. The number of nitro groups is 1. The Morgan fingerprint density at radius 1 is 1.33 bits per heavy atom. The number of benzene rings is 1. The topological polar surface area (TPSA) is 104 Å². The molecule has 2 heterocycles. The van der Waals surface area contributed by atoms with Crippen LogP contribution in [0.15, 0.2) is 18.2 Å². The molecular formula is C16H19N3O5. The maximum Gasteiger partial charge on any atom is 0.307 e. The molecule has 1 N–H and O–H groups in total. The van der Waals surface area contributed by atoms with Gasteiger partial charge >= 0.3 is 5.97 Å². The number of carboxylic acid groups (broad SMARTS) is 1. The molecule has 24 heavy (non-hydrogen) atoms. The zero-order valence-electron chi connectivity index (χ0n) is 13.2. The molecule has 1 saturated heterocycles. The highest BCUT2D eigenvalue weighted by Crippen LogP contribution is 2.32. The van der Waals surface area contributed by atoms with Crippen LogP contribution in [0.1, 0.15) is 18.4 Å². The van der Waals surface area contributed by atoms with Crippen molar-refractivity contribution in [2.45, 2.75) is 19.3 Å². The number of anilines is 1. The van der Waals surface area contributed by atoms with Crippen molar-refractivity contribution in [2.24, 2.45) is 5.92 Å². The van der Waals surface area contributed by atoms with Crippen LogP contribution in [0.4, 0.5) is 11.4 Å². The number of nitro benzene ring substituents is 1. The van der Waals surface area contributed by atoms with Crippen molar-refractivity contribution in [3.05, 3.63) is 33.9 Å². The molecule has 1 atom stereocenters. The molecule has 128 valence electrons. The second kappa shape index (κ2) is 6.56. The van der Waals surface area contributed by atoms with E-state index < -0.39 is 16.8 Å². The van der Waals surface area contributed by atoms with E-state index in [1.54, 1.807) is 11.0 Å². The third-order valence-corrected chi connectivity index (χ3v) is 4.69. The average molecular weight is 333 g/mol. The van der Waals surface area contributed by atoms with Gasteiger partial charge in [-0.1, -0.05) is 6.07 Å². The molecular weight excluding hydrogens is 314 g/mol. The number of rotatable bonds is 4. The molecule has 1 aromatic rings. The zero-order valence-corrected chi connectivity index (χ0v) is 13.2.